The second kappa shape index (κ2) is 4.59. The van der Waals surface area contributed by atoms with E-state index >= 15 is 0 Å². The number of hydrogen-bond acceptors (Lipinski definition) is 3. The van der Waals surface area contributed by atoms with Crippen LogP contribution >= 0.6 is 11.8 Å². The number of rotatable bonds is 2. The van der Waals surface area contributed by atoms with Crippen molar-refractivity contribution in [1.29, 1.82) is 0 Å². The largest absolute Gasteiger partial charge is 0.494 e. The first-order valence-electron chi connectivity index (χ1n) is 6.27. The van der Waals surface area contributed by atoms with Gasteiger partial charge in [-0.25, -0.2) is 0 Å². The average Bonchev–Trinajstić information content (AvgIpc) is 2.49. The van der Waals surface area contributed by atoms with E-state index in [2.05, 4.69) is 59.1 Å². The lowest BCUT2D eigenvalue weighted by molar-refractivity contribution is 0.00578. The van der Waals surface area contributed by atoms with Crippen molar-refractivity contribution in [2.75, 3.05) is 6.26 Å². The van der Waals surface area contributed by atoms with Crippen LogP contribution in [0.5, 0.6) is 0 Å². The molecular formula is C14H21BO2S. The minimum atomic E-state index is -0.276. The molecule has 1 heterocycles. The highest BCUT2D eigenvalue weighted by Gasteiger charge is 2.51. The van der Waals surface area contributed by atoms with Crippen LogP contribution in [0.15, 0.2) is 23.1 Å². The summed E-state index contributed by atoms with van der Waals surface area (Å²) in [7, 11) is -0.263. The fourth-order valence-electron chi connectivity index (χ4n) is 1.96. The molecule has 0 radical (unpaired) electrons. The summed E-state index contributed by atoms with van der Waals surface area (Å²) in [4.78, 5) is 1.28. The zero-order chi connectivity index (χ0) is 13.6. The molecule has 1 aliphatic heterocycles. The first-order valence-corrected chi connectivity index (χ1v) is 7.49. The third-order valence-corrected chi connectivity index (χ3v) is 4.84. The summed E-state index contributed by atoms with van der Waals surface area (Å²) in [6, 6.07) is 6.39. The number of benzene rings is 1. The summed E-state index contributed by atoms with van der Waals surface area (Å²) in [6.07, 6.45) is 2.09. The molecule has 2 rings (SSSR count). The first kappa shape index (κ1) is 14.0. The van der Waals surface area contributed by atoms with E-state index in [1.807, 2.05) is 0 Å². The van der Waals surface area contributed by atoms with Gasteiger partial charge in [-0.05, 0) is 58.0 Å². The summed E-state index contributed by atoms with van der Waals surface area (Å²) in [6.45, 7) is 10.4. The van der Waals surface area contributed by atoms with Gasteiger partial charge in [0.15, 0.2) is 0 Å². The van der Waals surface area contributed by atoms with Gasteiger partial charge in [0, 0.05) is 4.90 Å². The first-order chi connectivity index (χ1) is 8.27. The van der Waals surface area contributed by atoms with Crippen molar-refractivity contribution in [3.05, 3.63) is 23.8 Å². The molecule has 0 N–H and O–H groups in total. The molecule has 0 saturated carbocycles. The van der Waals surface area contributed by atoms with E-state index in [4.69, 9.17) is 9.31 Å². The Balaban J connectivity index is 2.30. The third kappa shape index (κ3) is 2.34. The minimum Gasteiger partial charge on any atom is -0.399 e. The lowest BCUT2D eigenvalue weighted by atomic mass is 9.79. The predicted octanol–water partition coefficient (Wildman–Crippen LogP) is 3.02. The molecule has 1 aliphatic rings. The highest BCUT2D eigenvalue weighted by Crippen LogP contribution is 2.36. The van der Waals surface area contributed by atoms with Crippen molar-refractivity contribution in [3.8, 4) is 0 Å². The molecule has 0 bridgehead atoms. The molecular weight excluding hydrogens is 243 g/mol. The highest BCUT2D eigenvalue weighted by atomic mass is 32.2. The summed E-state index contributed by atoms with van der Waals surface area (Å²) < 4.78 is 12.1. The molecule has 0 aliphatic carbocycles. The Bertz CT molecular complexity index is 441. The second-order valence-electron chi connectivity index (χ2n) is 5.82. The Morgan fingerprint density at radius 2 is 1.61 bits per heavy atom. The molecule has 1 fully saturated rings. The van der Waals surface area contributed by atoms with E-state index < -0.39 is 0 Å². The van der Waals surface area contributed by atoms with Crippen LogP contribution in [0.2, 0.25) is 0 Å². The van der Waals surface area contributed by atoms with Gasteiger partial charge < -0.3 is 9.31 Å². The van der Waals surface area contributed by atoms with Gasteiger partial charge in [0.2, 0.25) is 0 Å². The minimum absolute atomic E-state index is 0.263. The lowest BCUT2D eigenvalue weighted by Gasteiger charge is -2.32. The van der Waals surface area contributed by atoms with Crippen LogP contribution in [0.25, 0.3) is 0 Å². The van der Waals surface area contributed by atoms with Gasteiger partial charge in [0.05, 0.1) is 11.2 Å². The average molecular weight is 264 g/mol. The van der Waals surface area contributed by atoms with Crippen LogP contribution in [0.4, 0.5) is 0 Å². The van der Waals surface area contributed by atoms with Gasteiger partial charge in [-0.15, -0.1) is 11.8 Å². The summed E-state index contributed by atoms with van der Waals surface area (Å²) in [5.74, 6) is 0. The monoisotopic (exact) mass is 264 g/mol. The summed E-state index contributed by atoms with van der Waals surface area (Å²) in [5, 5.41) is 0. The maximum absolute atomic E-state index is 6.06. The summed E-state index contributed by atoms with van der Waals surface area (Å²) >= 11 is 1.76. The Hall–Kier alpha value is -0.445. The van der Waals surface area contributed by atoms with E-state index in [1.54, 1.807) is 11.8 Å². The quantitative estimate of drug-likeness (QED) is 0.604. The van der Waals surface area contributed by atoms with Crippen LogP contribution < -0.4 is 5.46 Å². The molecule has 1 aromatic rings. The van der Waals surface area contributed by atoms with E-state index in [1.165, 1.54) is 10.5 Å². The van der Waals surface area contributed by atoms with Gasteiger partial charge >= 0.3 is 7.12 Å². The maximum atomic E-state index is 6.06. The Morgan fingerprint density at radius 1 is 1.06 bits per heavy atom. The third-order valence-electron chi connectivity index (χ3n) is 3.96. The fourth-order valence-corrected chi connectivity index (χ4v) is 2.61. The molecule has 0 spiro atoms. The molecule has 1 saturated heterocycles. The summed E-state index contributed by atoms with van der Waals surface area (Å²) in [5.41, 5.74) is 1.84. The number of hydrogen-bond donors (Lipinski definition) is 0. The van der Waals surface area contributed by atoms with Crippen molar-refractivity contribution in [1.82, 2.24) is 0 Å². The van der Waals surface area contributed by atoms with E-state index in [-0.39, 0.29) is 18.3 Å². The standard InChI is InChI=1S/C14H21BO2S/c1-10-7-8-11(9-12(10)18-6)15-16-13(2,3)14(4,5)17-15/h7-9H,1-6H3. The van der Waals surface area contributed by atoms with Crippen molar-refractivity contribution < 1.29 is 9.31 Å². The van der Waals surface area contributed by atoms with E-state index in [0.717, 1.165) is 5.46 Å². The van der Waals surface area contributed by atoms with Gasteiger partial charge in [0.1, 0.15) is 0 Å². The van der Waals surface area contributed by atoms with E-state index in [0.29, 0.717) is 0 Å². The molecule has 1 aromatic carbocycles. The van der Waals surface area contributed by atoms with Crippen LogP contribution in [-0.2, 0) is 9.31 Å². The zero-order valence-electron chi connectivity index (χ0n) is 12.0. The molecule has 0 amide bonds. The van der Waals surface area contributed by atoms with Crippen LogP contribution in [0.3, 0.4) is 0 Å². The maximum Gasteiger partial charge on any atom is 0.494 e. The topological polar surface area (TPSA) is 18.5 Å². The Labute approximate surface area is 115 Å². The SMILES string of the molecule is CSc1cc(B2OC(C)(C)C(C)(C)O2)ccc1C. The molecule has 0 atom stereocenters. The van der Waals surface area contributed by atoms with Crippen molar-refractivity contribution >= 4 is 24.3 Å². The van der Waals surface area contributed by atoms with Gasteiger partial charge in [0.25, 0.3) is 0 Å². The van der Waals surface area contributed by atoms with Crippen LogP contribution in [0.1, 0.15) is 33.3 Å². The zero-order valence-corrected chi connectivity index (χ0v) is 12.9. The molecule has 0 unspecified atom stereocenters. The normalized spacial score (nSPS) is 21.3. The second-order valence-corrected chi connectivity index (χ2v) is 6.67. The van der Waals surface area contributed by atoms with Crippen molar-refractivity contribution in [2.45, 2.75) is 50.7 Å². The smallest absolute Gasteiger partial charge is 0.399 e. The fraction of sp³-hybridized carbons (Fsp3) is 0.571. The molecule has 98 valence electrons. The highest BCUT2D eigenvalue weighted by molar-refractivity contribution is 7.98. The van der Waals surface area contributed by atoms with Crippen LogP contribution in [-0.4, -0.2) is 24.6 Å². The molecule has 0 aromatic heterocycles. The van der Waals surface area contributed by atoms with Crippen molar-refractivity contribution in [2.24, 2.45) is 0 Å². The Kier molecular flexibility index (Phi) is 3.56. The number of aryl methyl sites for hydroxylation is 1. The molecule has 2 nitrogen and oxygen atoms in total. The van der Waals surface area contributed by atoms with Crippen LogP contribution in [0, 0.1) is 6.92 Å². The molecule has 4 heteroatoms. The number of thioether (sulfide) groups is 1. The Morgan fingerprint density at radius 3 is 2.11 bits per heavy atom. The predicted molar refractivity (Wildman–Crippen MR) is 78.7 cm³/mol. The van der Waals surface area contributed by atoms with Gasteiger partial charge in [-0.3, -0.25) is 0 Å². The van der Waals surface area contributed by atoms with Gasteiger partial charge in [-0.1, -0.05) is 12.1 Å². The van der Waals surface area contributed by atoms with E-state index in [9.17, 15) is 0 Å². The van der Waals surface area contributed by atoms with Crippen molar-refractivity contribution in [3.63, 3.8) is 0 Å². The molecule has 18 heavy (non-hydrogen) atoms. The lowest BCUT2D eigenvalue weighted by Crippen LogP contribution is -2.41. The van der Waals surface area contributed by atoms with Gasteiger partial charge in [-0.2, -0.15) is 0 Å².